The van der Waals surface area contributed by atoms with E-state index in [1.54, 1.807) is 0 Å². The number of carbonyl (C=O) groups is 1. The predicted octanol–water partition coefficient (Wildman–Crippen LogP) is 3.90. The normalized spacial score (nSPS) is 25.8. The summed E-state index contributed by atoms with van der Waals surface area (Å²) in [6.45, 7) is 3.79. The van der Waals surface area contributed by atoms with Crippen LogP contribution in [0.2, 0.25) is 0 Å². The first-order chi connectivity index (χ1) is 12.2. The van der Waals surface area contributed by atoms with E-state index >= 15 is 0 Å². The fourth-order valence-corrected chi connectivity index (χ4v) is 4.11. The van der Waals surface area contributed by atoms with Gasteiger partial charge in [-0.2, -0.15) is 0 Å². The summed E-state index contributed by atoms with van der Waals surface area (Å²) in [5, 5.41) is 0. The number of halogens is 1. The molecule has 1 amide bonds. The number of imidazole rings is 1. The average Bonchev–Trinajstić information content (AvgIpc) is 3.30. The van der Waals surface area contributed by atoms with Gasteiger partial charge < -0.3 is 9.47 Å². The van der Waals surface area contributed by atoms with Gasteiger partial charge in [0.15, 0.2) is 0 Å². The van der Waals surface area contributed by atoms with E-state index in [0.29, 0.717) is 0 Å². The van der Waals surface area contributed by atoms with Gasteiger partial charge in [-0.05, 0) is 56.2 Å². The maximum absolute atomic E-state index is 13.1. The van der Waals surface area contributed by atoms with Crippen molar-refractivity contribution >= 4 is 5.91 Å². The number of aromatic nitrogens is 2. The van der Waals surface area contributed by atoms with Gasteiger partial charge in [-0.15, -0.1) is 0 Å². The minimum Gasteiger partial charge on any atom is -0.333 e. The number of aryl methyl sites for hydroxylation is 1. The highest BCUT2D eigenvalue weighted by Gasteiger charge is 2.47. The molecule has 5 heteroatoms. The quantitative estimate of drug-likeness (QED) is 0.846. The lowest BCUT2D eigenvalue weighted by Crippen LogP contribution is -2.40. The summed E-state index contributed by atoms with van der Waals surface area (Å²) < 4.78 is 15.3. The molecule has 3 atom stereocenters. The molecule has 132 valence electrons. The third kappa shape index (κ3) is 3.08. The van der Waals surface area contributed by atoms with Gasteiger partial charge in [0.2, 0.25) is 5.91 Å². The van der Waals surface area contributed by atoms with Crippen molar-refractivity contribution in [2.75, 3.05) is 6.54 Å². The van der Waals surface area contributed by atoms with Crippen LogP contribution in [0.25, 0.3) is 0 Å². The van der Waals surface area contributed by atoms with Gasteiger partial charge >= 0.3 is 0 Å². The van der Waals surface area contributed by atoms with Crippen molar-refractivity contribution in [3.63, 3.8) is 0 Å². The van der Waals surface area contributed by atoms with Crippen LogP contribution in [-0.4, -0.2) is 26.9 Å². The summed E-state index contributed by atoms with van der Waals surface area (Å²) in [4.78, 5) is 19.7. The summed E-state index contributed by atoms with van der Waals surface area (Å²) in [7, 11) is 0. The van der Waals surface area contributed by atoms with Crippen molar-refractivity contribution < 1.29 is 9.18 Å². The van der Waals surface area contributed by atoms with Crippen LogP contribution in [0.1, 0.15) is 56.0 Å². The maximum atomic E-state index is 13.1. The zero-order valence-corrected chi connectivity index (χ0v) is 14.6. The Balaban J connectivity index is 1.51. The number of rotatable bonds is 4. The van der Waals surface area contributed by atoms with Crippen LogP contribution in [0.15, 0.2) is 36.7 Å². The summed E-state index contributed by atoms with van der Waals surface area (Å²) in [5.41, 5.74) is 1.07. The molecule has 2 aromatic rings. The van der Waals surface area contributed by atoms with E-state index in [1.807, 2.05) is 29.4 Å². The van der Waals surface area contributed by atoms with Crippen molar-refractivity contribution in [3.05, 3.63) is 53.9 Å². The monoisotopic (exact) mass is 341 g/mol. The number of likely N-dealkylation sites (tertiary alicyclic amines) is 1. The van der Waals surface area contributed by atoms with E-state index in [-0.39, 0.29) is 29.6 Å². The van der Waals surface area contributed by atoms with Gasteiger partial charge in [0.25, 0.3) is 0 Å². The summed E-state index contributed by atoms with van der Waals surface area (Å²) in [6, 6.07) is 6.68. The van der Waals surface area contributed by atoms with Crippen LogP contribution < -0.4 is 0 Å². The van der Waals surface area contributed by atoms with Gasteiger partial charge in [-0.1, -0.05) is 12.1 Å². The first kappa shape index (κ1) is 16.3. The smallest absolute Gasteiger partial charge is 0.226 e. The highest BCUT2D eigenvalue weighted by atomic mass is 19.1. The number of piperidine rings is 1. The SMILES string of the molecule is CCn1ccnc1C1CCCCN1C(=O)[C@@H]1C[C@H]1c1ccc(F)cc1. The molecule has 0 bridgehead atoms. The average molecular weight is 341 g/mol. The van der Waals surface area contributed by atoms with Crippen LogP contribution in [-0.2, 0) is 11.3 Å². The highest BCUT2D eigenvalue weighted by Crippen LogP contribution is 2.49. The number of benzene rings is 1. The molecule has 2 aliphatic rings. The number of hydrogen-bond donors (Lipinski definition) is 0. The zero-order chi connectivity index (χ0) is 17.4. The summed E-state index contributed by atoms with van der Waals surface area (Å²) >= 11 is 0. The van der Waals surface area contributed by atoms with E-state index in [1.165, 1.54) is 12.1 Å². The second-order valence-corrected chi connectivity index (χ2v) is 7.11. The zero-order valence-electron chi connectivity index (χ0n) is 14.6. The Morgan fingerprint density at radius 3 is 2.84 bits per heavy atom. The van der Waals surface area contributed by atoms with Gasteiger partial charge in [0, 0.05) is 31.4 Å². The van der Waals surface area contributed by atoms with E-state index in [2.05, 4.69) is 16.5 Å². The van der Waals surface area contributed by atoms with Crippen molar-refractivity contribution in [3.8, 4) is 0 Å². The molecule has 1 saturated carbocycles. The topological polar surface area (TPSA) is 38.1 Å². The Bertz CT molecular complexity index is 755. The van der Waals surface area contributed by atoms with E-state index in [9.17, 15) is 9.18 Å². The van der Waals surface area contributed by atoms with Gasteiger partial charge in [0.1, 0.15) is 11.6 Å². The predicted molar refractivity (Wildman–Crippen MR) is 93.5 cm³/mol. The van der Waals surface area contributed by atoms with Crippen LogP contribution >= 0.6 is 0 Å². The fourth-order valence-electron chi connectivity index (χ4n) is 4.11. The largest absolute Gasteiger partial charge is 0.333 e. The minimum absolute atomic E-state index is 0.0381. The van der Waals surface area contributed by atoms with E-state index in [0.717, 1.165) is 50.2 Å². The second kappa shape index (κ2) is 6.62. The molecule has 1 aromatic carbocycles. The second-order valence-electron chi connectivity index (χ2n) is 7.11. The molecule has 1 aromatic heterocycles. The number of carbonyl (C=O) groups excluding carboxylic acids is 1. The van der Waals surface area contributed by atoms with Crippen molar-refractivity contribution in [1.82, 2.24) is 14.5 Å². The van der Waals surface area contributed by atoms with Gasteiger partial charge in [-0.3, -0.25) is 4.79 Å². The molecule has 1 saturated heterocycles. The molecule has 0 N–H and O–H groups in total. The molecule has 4 rings (SSSR count). The molecule has 0 spiro atoms. The fraction of sp³-hybridized carbons (Fsp3) is 0.500. The first-order valence-corrected chi connectivity index (χ1v) is 9.26. The van der Waals surface area contributed by atoms with Crippen molar-refractivity contribution in [1.29, 1.82) is 0 Å². The van der Waals surface area contributed by atoms with Gasteiger partial charge in [-0.25, -0.2) is 9.37 Å². The highest BCUT2D eigenvalue weighted by molar-refractivity contribution is 5.83. The van der Waals surface area contributed by atoms with Crippen LogP contribution in [0.3, 0.4) is 0 Å². The Hall–Kier alpha value is -2.17. The number of hydrogen-bond acceptors (Lipinski definition) is 2. The lowest BCUT2D eigenvalue weighted by Gasteiger charge is -2.35. The third-order valence-electron chi connectivity index (χ3n) is 5.58. The molecule has 1 unspecified atom stereocenters. The van der Waals surface area contributed by atoms with Crippen molar-refractivity contribution in [2.24, 2.45) is 5.92 Å². The Morgan fingerprint density at radius 2 is 2.08 bits per heavy atom. The molecule has 1 aliphatic carbocycles. The molecule has 4 nitrogen and oxygen atoms in total. The molecule has 2 fully saturated rings. The Morgan fingerprint density at radius 1 is 1.28 bits per heavy atom. The van der Waals surface area contributed by atoms with Crippen molar-refractivity contribution in [2.45, 2.75) is 51.1 Å². The molecule has 2 heterocycles. The molecule has 0 radical (unpaired) electrons. The van der Waals surface area contributed by atoms with Gasteiger partial charge in [0.05, 0.1) is 6.04 Å². The van der Waals surface area contributed by atoms with Crippen LogP contribution in [0.4, 0.5) is 4.39 Å². The first-order valence-electron chi connectivity index (χ1n) is 9.26. The summed E-state index contributed by atoms with van der Waals surface area (Å²) in [6.07, 6.45) is 7.87. The molecular weight excluding hydrogens is 317 g/mol. The third-order valence-corrected chi connectivity index (χ3v) is 5.58. The lowest BCUT2D eigenvalue weighted by molar-refractivity contribution is -0.136. The number of nitrogens with zero attached hydrogens (tertiary/aromatic N) is 3. The molecule has 25 heavy (non-hydrogen) atoms. The Labute approximate surface area is 147 Å². The Kier molecular flexibility index (Phi) is 4.32. The lowest BCUT2D eigenvalue weighted by atomic mass is 10.00. The molecular formula is C20H24FN3O. The van der Waals surface area contributed by atoms with E-state index < -0.39 is 0 Å². The van der Waals surface area contributed by atoms with Crippen LogP contribution in [0, 0.1) is 11.7 Å². The number of amides is 1. The maximum Gasteiger partial charge on any atom is 0.226 e. The van der Waals surface area contributed by atoms with Crippen LogP contribution in [0.5, 0.6) is 0 Å². The minimum atomic E-state index is -0.227. The summed E-state index contributed by atoms with van der Waals surface area (Å²) in [5.74, 6) is 1.30. The van der Waals surface area contributed by atoms with E-state index in [4.69, 9.17) is 0 Å². The standard InChI is InChI=1S/C20H24FN3O/c1-2-23-12-10-22-19(23)18-5-3-4-11-24(18)20(25)17-13-16(17)14-6-8-15(21)9-7-14/h6-10,12,16-18H,2-5,11,13H2,1H3/t16-,17+,18?/m0/s1. The molecule has 1 aliphatic heterocycles.